The zero-order chi connectivity index (χ0) is 16.4. The topological polar surface area (TPSA) is 123 Å². The van der Waals surface area contributed by atoms with Crippen LogP contribution in [-0.2, 0) is 11.2 Å². The summed E-state index contributed by atoms with van der Waals surface area (Å²) in [6, 6.07) is 2.63. The van der Waals surface area contributed by atoms with Gasteiger partial charge in [0.25, 0.3) is 0 Å². The second kappa shape index (κ2) is 5.76. The maximum absolute atomic E-state index is 12.4. The van der Waals surface area contributed by atoms with Crippen LogP contribution in [0, 0.1) is 0 Å². The number of hydrogen-bond donors (Lipinski definition) is 2. The van der Waals surface area contributed by atoms with E-state index in [2.05, 4.69) is 0 Å². The minimum absolute atomic E-state index is 0.0129. The predicted molar refractivity (Wildman–Crippen MR) is 73.9 cm³/mol. The van der Waals surface area contributed by atoms with Gasteiger partial charge in [0, 0.05) is 6.07 Å². The normalized spacial score (nSPS) is 10.5. The average molecular weight is 308 g/mol. The smallest absolute Gasteiger partial charge is 0.372 e. The van der Waals surface area contributed by atoms with E-state index >= 15 is 0 Å². The van der Waals surface area contributed by atoms with E-state index in [1.807, 2.05) is 0 Å². The first-order valence-electron chi connectivity index (χ1n) is 6.05. The molecule has 1 aromatic carbocycles. The van der Waals surface area contributed by atoms with E-state index in [0.717, 1.165) is 0 Å². The van der Waals surface area contributed by atoms with Gasteiger partial charge in [0.15, 0.2) is 16.9 Å². The molecule has 116 valence electrons. The Morgan fingerprint density at radius 3 is 2.23 bits per heavy atom. The monoisotopic (exact) mass is 308 g/mol. The Balaban J connectivity index is 2.87. The van der Waals surface area contributed by atoms with E-state index in [9.17, 15) is 14.4 Å². The van der Waals surface area contributed by atoms with Crippen LogP contribution in [0.3, 0.4) is 0 Å². The standard InChI is InChI=1S/C14H12O8/c1-20-9-3-6-8(5-10(9)21-2)22-13(14(18)19)7(12(6)17)4-11(15)16/h3,5H,4H2,1-2H3,(H,15,16)(H,18,19). The van der Waals surface area contributed by atoms with E-state index in [-0.39, 0.29) is 22.5 Å². The van der Waals surface area contributed by atoms with Crippen LogP contribution in [-0.4, -0.2) is 36.4 Å². The molecule has 0 amide bonds. The molecule has 0 saturated heterocycles. The van der Waals surface area contributed by atoms with Gasteiger partial charge in [0.2, 0.25) is 5.76 Å². The van der Waals surface area contributed by atoms with Crippen molar-refractivity contribution in [2.45, 2.75) is 6.42 Å². The van der Waals surface area contributed by atoms with Gasteiger partial charge in [-0.15, -0.1) is 0 Å². The van der Waals surface area contributed by atoms with Crippen molar-refractivity contribution in [1.29, 1.82) is 0 Å². The molecule has 2 aromatic rings. The molecule has 2 N–H and O–H groups in total. The van der Waals surface area contributed by atoms with Crippen molar-refractivity contribution >= 4 is 22.9 Å². The van der Waals surface area contributed by atoms with Gasteiger partial charge in [-0.3, -0.25) is 9.59 Å². The third-order valence-corrected chi connectivity index (χ3v) is 3.01. The zero-order valence-corrected chi connectivity index (χ0v) is 11.7. The molecule has 0 radical (unpaired) electrons. The Kier molecular flexibility index (Phi) is 4.02. The van der Waals surface area contributed by atoms with Crippen LogP contribution in [0.25, 0.3) is 11.0 Å². The summed E-state index contributed by atoms with van der Waals surface area (Å²) in [6.45, 7) is 0. The Bertz CT molecular complexity index is 818. The third kappa shape index (κ3) is 2.58. The Labute approximate surface area is 123 Å². The lowest BCUT2D eigenvalue weighted by molar-refractivity contribution is -0.136. The van der Waals surface area contributed by atoms with Gasteiger partial charge in [-0.1, -0.05) is 0 Å². The number of carboxylic acid groups (broad SMARTS) is 2. The fourth-order valence-corrected chi connectivity index (χ4v) is 2.04. The molecule has 0 unspecified atom stereocenters. The number of hydrogen-bond acceptors (Lipinski definition) is 6. The highest BCUT2D eigenvalue weighted by Crippen LogP contribution is 2.31. The SMILES string of the molecule is COc1cc2oc(C(=O)O)c(CC(=O)O)c(=O)c2cc1OC. The highest BCUT2D eigenvalue weighted by atomic mass is 16.5. The summed E-state index contributed by atoms with van der Waals surface area (Å²) in [5.74, 6) is -3.07. The van der Waals surface area contributed by atoms with E-state index in [4.69, 9.17) is 24.1 Å². The molecule has 2 rings (SSSR count). The lowest BCUT2D eigenvalue weighted by Crippen LogP contribution is -2.19. The predicted octanol–water partition coefficient (Wildman–Crippen LogP) is 1.14. The third-order valence-electron chi connectivity index (χ3n) is 3.01. The van der Waals surface area contributed by atoms with Crippen LogP contribution >= 0.6 is 0 Å². The molecule has 0 saturated carbocycles. The lowest BCUT2D eigenvalue weighted by atomic mass is 10.1. The quantitative estimate of drug-likeness (QED) is 0.842. The summed E-state index contributed by atoms with van der Waals surface area (Å²) in [4.78, 5) is 34.4. The van der Waals surface area contributed by atoms with Crippen molar-refractivity contribution in [3.63, 3.8) is 0 Å². The van der Waals surface area contributed by atoms with Crippen molar-refractivity contribution < 1.29 is 33.7 Å². The Morgan fingerprint density at radius 1 is 1.14 bits per heavy atom. The van der Waals surface area contributed by atoms with E-state index in [1.54, 1.807) is 0 Å². The Hall–Kier alpha value is -3.03. The molecule has 8 nitrogen and oxygen atoms in total. The zero-order valence-electron chi connectivity index (χ0n) is 11.7. The first-order valence-corrected chi connectivity index (χ1v) is 6.05. The van der Waals surface area contributed by atoms with Crippen LogP contribution < -0.4 is 14.9 Å². The van der Waals surface area contributed by atoms with Gasteiger partial charge in [-0.25, -0.2) is 4.79 Å². The first-order chi connectivity index (χ1) is 10.4. The van der Waals surface area contributed by atoms with Crippen LogP contribution in [0.15, 0.2) is 21.3 Å². The molecule has 0 aliphatic rings. The number of carbonyl (C=O) groups is 2. The first kappa shape index (κ1) is 15.4. The van der Waals surface area contributed by atoms with Crippen LogP contribution in [0.1, 0.15) is 16.1 Å². The molecule has 0 atom stereocenters. The van der Waals surface area contributed by atoms with Crippen LogP contribution in [0.5, 0.6) is 11.5 Å². The molecule has 1 aromatic heterocycles. The molecule has 0 spiro atoms. The number of benzene rings is 1. The molecular formula is C14H12O8. The number of aromatic carboxylic acids is 1. The fourth-order valence-electron chi connectivity index (χ4n) is 2.04. The number of aliphatic carboxylic acids is 1. The van der Waals surface area contributed by atoms with Crippen molar-refractivity contribution in [3.8, 4) is 11.5 Å². The maximum atomic E-state index is 12.4. The van der Waals surface area contributed by atoms with Gasteiger partial charge in [0.1, 0.15) is 5.58 Å². The minimum atomic E-state index is -1.52. The number of fused-ring (bicyclic) bond motifs is 1. The minimum Gasteiger partial charge on any atom is -0.493 e. The van der Waals surface area contributed by atoms with Gasteiger partial charge in [-0.05, 0) is 6.07 Å². The highest BCUT2D eigenvalue weighted by Gasteiger charge is 2.23. The highest BCUT2D eigenvalue weighted by molar-refractivity contribution is 5.92. The molecule has 22 heavy (non-hydrogen) atoms. The number of rotatable bonds is 5. The summed E-state index contributed by atoms with van der Waals surface area (Å²) < 4.78 is 15.3. The summed E-state index contributed by atoms with van der Waals surface area (Å²) in [5.41, 5.74) is -1.20. The van der Waals surface area contributed by atoms with Crippen LogP contribution in [0.4, 0.5) is 0 Å². The summed E-state index contributed by atoms with van der Waals surface area (Å²) in [5, 5.41) is 18.0. The molecule has 0 aliphatic heterocycles. The summed E-state index contributed by atoms with van der Waals surface area (Å²) >= 11 is 0. The van der Waals surface area contributed by atoms with Crippen molar-refractivity contribution in [3.05, 3.63) is 33.7 Å². The molecule has 1 heterocycles. The van der Waals surface area contributed by atoms with Crippen LogP contribution in [0.2, 0.25) is 0 Å². The van der Waals surface area contributed by atoms with E-state index in [0.29, 0.717) is 0 Å². The van der Waals surface area contributed by atoms with E-state index < -0.39 is 35.1 Å². The van der Waals surface area contributed by atoms with Gasteiger partial charge in [-0.2, -0.15) is 0 Å². The molecule has 0 fully saturated rings. The van der Waals surface area contributed by atoms with Crippen molar-refractivity contribution in [2.75, 3.05) is 14.2 Å². The largest absolute Gasteiger partial charge is 0.493 e. The Morgan fingerprint density at radius 2 is 1.73 bits per heavy atom. The lowest BCUT2D eigenvalue weighted by Gasteiger charge is -2.10. The van der Waals surface area contributed by atoms with E-state index in [1.165, 1.54) is 26.4 Å². The number of ether oxygens (including phenoxy) is 2. The summed E-state index contributed by atoms with van der Waals surface area (Å²) in [7, 11) is 2.74. The maximum Gasteiger partial charge on any atom is 0.372 e. The second-order valence-electron chi connectivity index (χ2n) is 4.32. The number of methoxy groups -OCH3 is 2. The van der Waals surface area contributed by atoms with Gasteiger partial charge >= 0.3 is 11.9 Å². The van der Waals surface area contributed by atoms with Gasteiger partial charge < -0.3 is 24.1 Å². The van der Waals surface area contributed by atoms with Gasteiger partial charge in [0.05, 0.1) is 31.6 Å². The average Bonchev–Trinajstić information content (AvgIpc) is 2.47. The fraction of sp³-hybridized carbons (Fsp3) is 0.214. The summed E-state index contributed by atoms with van der Waals surface area (Å²) in [6.07, 6.45) is -0.756. The van der Waals surface area contributed by atoms with Crippen molar-refractivity contribution in [2.24, 2.45) is 0 Å². The number of carboxylic acids is 2. The second-order valence-corrected chi connectivity index (χ2v) is 4.32. The molecule has 0 aliphatic carbocycles. The molecule has 8 heteroatoms. The molecule has 0 bridgehead atoms. The molecular weight excluding hydrogens is 296 g/mol. The van der Waals surface area contributed by atoms with Crippen molar-refractivity contribution in [1.82, 2.24) is 0 Å².